The minimum absolute atomic E-state index is 0.0325. The maximum atomic E-state index is 9.51. The summed E-state index contributed by atoms with van der Waals surface area (Å²) in [6.07, 6.45) is 4.51. The third kappa shape index (κ3) is 4.51. The van der Waals surface area contributed by atoms with E-state index in [9.17, 15) is 5.11 Å². The minimum Gasteiger partial charge on any atom is -0.508 e. The van der Waals surface area contributed by atoms with Gasteiger partial charge in [-0.1, -0.05) is 48.5 Å². The van der Waals surface area contributed by atoms with Crippen molar-refractivity contribution in [3.63, 3.8) is 0 Å². The molecule has 0 aliphatic carbocycles. The van der Waals surface area contributed by atoms with E-state index in [0.29, 0.717) is 17.5 Å². The average molecular weight is 541 g/mol. The molecule has 41 heavy (non-hydrogen) atoms. The summed E-state index contributed by atoms with van der Waals surface area (Å²) in [4.78, 5) is 0. The van der Waals surface area contributed by atoms with Gasteiger partial charge in [-0.3, -0.25) is 0 Å². The van der Waals surface area contributed by atoms with E-state index in [2.05, 4.69) is 106 Å². The van der Waals surface area contributed by atoms with Gasteiger partial charge in [0.2, 0.25) is 5.89 Å². The predicted molar refractivity (Wildman–Crippen MR) is 159 cm³/mol. The van der Waals surface area contributed by atoms with E-state index < -0.39 is 0 Å². The first kappa shape index (κ1) is 24.7. The summed E-state index contributed by atoms with van der Waals surface area (Å²) in [6.45, 7) is 0.153. The van der Waals surface area contributed by atoms with Crippen LogP contribution in [0.15, 0.2) is 114 Å². The second kappa shape index (κ2) is 10.0. The lowest BCUT2D eigenvalue weighted by Gasteiger charge is -2.18. The second-order valence-corrected chi connectivity index (χ2v) is 10.3. The van der Waals surface area contributed by atoms with E-state index in [-0.39, 0.29) is 18.3 Å². The van der Waals surface area contributed by atoms with Crippen molar-refractivity contribution in [1.82, 2.24) is 19.3 Å². The summed E-state index contributed by atoms with van der Waals surface area (Å²) in [5, 5.41) is 20.2. The number of ether oxygens (including phenoxy) is 1. The molecule has 7 heteroatoms. The Morgan fingerprint density at radius 2 is 1.32 bits per heavy atom. The summed E-state index contributed by atoms with van der Waals surface area (Å²) in [6, 6.07) is 32.0. The number of para-hydroxylation sites is 2. The van der Waals surface area contributed by atoms with Gasteiger partial charge in [0.1, 0.15) is 11.5 Å². The van der Waals surface area contributed by atoms with Crippen molar-refractivity contribution in [3.8, 4) is 23.0 Å². The van der Waals surface area contributed by atoms with Crippen molar-refractivity contribution in [1.29, 1.82) is 0 Å². The van der Waals surface area contributed by atoms with Gasteiger partial charge in [-0.15, -0.1) is 10.2 Å². The number of rotatable bonds is 7. The van der Waals surface area contributed by atoms with Crippen LogP contribution in [-0.4, -0.2) is 24.4 Å². The fraction of sp³-hybridized carbons (Fsp3) is 0.118. The summed E-state index contributed by atoms with van der Waals surface area (Å²) in [5.41, 5.74) is 6.86. The zero-order chi connectivity index (χ0) is 27.9. The molecular weight excluding hydrogens is 512 g/mol. The molecule has 0 amide bonds. The van der Waals surface area contributed by atoms with Crippen LogP contribution in [0, 0.1) is 0 Å². The van der Waals surface area contributed by atoms with Gasteiger partial charge in [0, 0.05) is 59.8 Å². The predicted octanol–water partition coefficient (Wildman–Crippen LogP) is 7.18. The lowest BCUT2D eigenvalue weighted by molar-refractivity contribution is 0.264. The summed E-state index contributed by atoms with van der Waals surface area (Å²) < 4.78 is 16.2. The number of benzene rings is 4. The zero-order valence-corrected chi connectivity index (χ0v) is 22.7. The first-order valence-electron chi connectivity index (χ1n) is 13.5. The molecule has 0 aliphatic heterocycles. The zero-order valence-electron chi connectivity index (χ0n) is 22.7. The van der Waals surface area contributed by atoms with Gasteiger partial charge in [-0.2, -0.15) is 0 Å². The highest BCUT2D eigenvalue weighted by Gasteiger charge is 2.24. The van der Waals surface area contributed by atoms with Gasteiger partial charge in [0.05, 0.1) is 0 Å². The van der Waals surface area contributed by atoms with Crippen LogP contribution < -0.4 is 4.74 Å². The third-order valence-corrected chi connectivity index (χ3v) is 7.63. The van der Waals surface area contributed by atoms with Crippen LogP contribution >= 0.6 is 0 Å². The fourth-order valence-electron chi connectivity index (χ4n) is 5.67. The van der Waals surface area contributed by atoms with Crippen LogP contribution in [0.4, 0.5) is 0 Å². The Hall–Kier alpha value is -5.30. The first-order valence-corrected chi connectivity index (χ1v) is 13.5. The Morgan fingerprint density at radius 1 is 0.732 bits per heavy atom. The number of hydrogen-bond donors (Lipinski definition) is 1. The van der Waals surface area contributed by atoms with Crippen LogP contribution in [0.1, 0.15) is 28.5 Å². The van der Waals surface area contributed by atoms with Gasteiger partial charge >= 0.3 is 0 Å². The maximum Gasteiger partial charge on any atom is 0.254 e. The molecule has 0 saturated heterocycles. The average Bonchev–Trinajstić information content (AvgIpc) is 3.70. The SMILES string of the molecule is Cn1cc(C(c2ccc(OCc3nnc(-c4ccc(O)cc4)o3)cc2)c2cn(C)c3ccccc23)c2ccccc21. The van der Waals surface area contributed by atoms with Gasteiger partial charge in [0.25, 0.3) is 5.89 Å². The van der Waals surface area contributed by atoms with Crippen molar-refractivity contribution >= 4 is 21.8 Å². The Balaban J connectivity index is 1.21. The Labute approximate surface area is 236 Å². The molecule has 0 unspecified atom stereocenters. The van der Waals surface area contributed by atoms with Gasteiger partial charge < -0.3 is 23.4 Å². The Bertz CT molecular complexity index is 1900. The number of hydrogen-bond acceptors (Lipinski definition) is 5. The van der Waals surface area contributed by atoms with E-state index in [1.54, 1.807) is 24.3 Å². The quantitative estimate of drug-likeness (QED) is 0.232. The molecule has 0 spiro atoms. The monoisotopic (exact) mass is 540 g/mol. The second-order valence-electron chi connectivity index (χ2n) is 10.3. The number of phenolic OH excluding ortho intramolecular Hbond substituents is 1. The number of aryl methyl sites for hydroxylation is 2. The molecule has 0 bridgehead atoms. The summed E-state index contributed by atoms with van der Waals surface area (Å²) >= 11 is 0. The highest BCUT2D eigenvalue weighted by Crippen LogP contribution is 2.41. The lowest BCUT2D eigenvalue weighted by atomic mass is 9.85. The minimum atomic E-state index is 0.0325. The van der Waals surface area contributed by atoms with Crippen LogP contribution in [0.2, 0.25) is 0 Å². The summed E-state index contributed by atoms with van der Waals surface area (Å²) in [5.74, 6) is 1.69. The van der Waals surface area contributed by atoms with E-state index in [4.69, 9.17) is 9.15 Å². The first-order chi connectivity index (χ1) is 20.0. The molecule has 1 N–H and O–H groups in total. The number of aromatic nitrogens is 4. The van der Waals surface area contributed by atoms with Crippen LogP contribution in [-0.2, 0) is 20.7 Å². The lowest BCUT2D eigenvalue weighted by Crippen LogP contribution is -2.03. The van der Waals surface area contributed by atoms with E-state index in [1.807, 2.05) is 12.1 Å². The van der Waals surface area contributed by atoms with E-state index in [0.717, 1.165) is 5.56 Å². The molecule has 0 aliphatic rings. The van der Waals surface area contributed by atoms with Crippen molar-refractivity contribution in [2.45, 2.75) is 12.5 Å². The van der Waals surface area contributed by atoms with Crippen LogP contribution in [0.3, 0.4) is 0 Å². The van der Waals surface area contributed by atoms with Gasteiger partial charge in [-0.05, 0) is 65.2 Å². The molecule has 0 atom stereocenters. The van der Waals surface area contributed by atoms with Crippen molar-refractivity contribution in [3.05, 3.63) is 132 Å². The largest absolute Gasteiger partial charge is 0.508 e. The Morgan fingerprint density at radius 3 is 1.93 bits per heavy atom. The molecular formula is C34H28N4O3. The Kier molecular flexibility index (Phi) is 6.04. The topological polar surface area (TPSA) is 78.2 Å². The maximum absolute atomic E-state index is 9.51. The van der Waals surface area contributed by atoms with Crippen LogP contribution in [0.5, 0.6) is 11.5 Å². The molecule has 202 valence electrons. The molecule has 7 aromatic rings. The van der Waals surface area contributed by atoms with Crippen molar-refractivity contribution in [2.24, 2.45) is 14.1 Å². The molecule has 0 radical (unpaired) electrons. The highest BCUT2D eigenvalue weighted by molar-refractivity contribution is 5.89. The van der Waals surface area contributed by atoms with Gasteiger partial charge in [-0.25, -0.2) is 0 Å². The van der Waals surface area contributed by atoms with E-state index in [1.165, 1.54) is 38.5 Å². The number of nitrogens with zero attached hydrogens (tertiary/aromatic N) is 4. The number of aromatic hydroxyl groups is 1. The van der Waals surface area contributed by atoms with Crippen LogP contribution in [0.25, 0.3) is 33.3 Å². The molecule has 7 rings (SSSR count). The van der Waals surface area contributed by atoms with Crippen molar-refractivity contribution in [2.75, 3.05) is 0 Å². The van der Waals surface area contributed by atoms with E-state index >= 15 is 0 Å². The van der Waals surface area contributed by atoms with Crippen molar-refractivity contribution < 1.29 is 14.3 Å². The molecule has 0 saturated carbocycles. The van der Waals surface area contributed by atoms with Gasteiger partial charge in [0.15, 0.2) is 6.61 Å². The molecule has 3 aromatic heterocycles. The molecule has 0 fully saturated rings. The summed E-state index contributed by atoms with van der Waals surface area (Å²) in [7, 11) is 4.21. The fourth-order valence-corrected chi connectivity index (χ4v) is 5.67. The molecule has 3 heterocycles. The highest BCUT2D eigenvalue weighted by atomic mass is 16.5. The standard InChI is InChI=1S/C34H28N4O3/c1-37-19-28(26-7-3-5-9-30(26)37)33(29-20-38(2)31-10-6-4-8-27(29)31)22-13-17-25(18-14-22)40-21-32-35-36-34(41-32)23-11-15-24(39)16-12-23/h3-20,33,39H,21H2,1-2H3. The number of phenols is 1. The molecule has 7 nitrogen and oxygen atoms in total. The smallest absolute Gasteiger partial charge is 0.254 e. The third-order valence-electron chi connectivity index (χ3n) is 7.63. The molecule has 4 aromatic carbocycles. The normalized spacial score (nSPS) is 11.6. The number of fused-ring (bicyclic) bond motifs is 2.